The summed E-state index contributed by atoms with van der Waals surface area (Å²) < 4.78 is 4.67. The lowest BCUT2D eigenvalue weighted by Crippen LogP contribution is -2.46. The number of ketones is 1. The summed E-state index contributed by atoms with van der Waals surface area (Å²) in [5, 5.41) is 22.5. The molecule has 0 aliphatic rings. The van der Waals surface area contributed by atoms with Crippen molar-refractivity contribution in [2.45, 2.75) is 32.1 Å². The molecule has 0 spiro atoms. The summed E-state index contributed by atoms with van der Waals surface area (Å²) in [5.41, 5.74) is 2.31. The molecular weight excluding hydrogens is 362 g/mol. The molecule has 0 aliphatic heterocycles. The van der Waals surface area contributed by atoms with Crippen LogP contribution in [0.2, 0.25) is 0 Å². The number of benzene rings is 2. The molecule has 2 atom stereocenters. The van der Waals surface area contributed by atoms with E-state index in [-0.39, 0.29) is 18.5 Å². The van der Waals surface area contributed by atoms with E-state index in [1.165, 1.54) is 13.2 Å². The number of Topliss-reactive ketones (excluding diaryl/α,β-unsaturated/α-hetero) is 1. The lowest BCUT2D eigenvalue weighted by Gasteiger charge is -2.17. The van der Waals surface area contributed by atoms with Crippen LogP contribution in [0.5, 0.6) is 0 Å². The van der Waals surface area contributed by atoms with Crippen LogP contribution in [0.3, 0.4) is 0 Å². The standard InChI is InChI=1S/C21H23NO6/c1-13-8-15(10-16(9-13)21(27)28-2)11-17(23)18(24)19(25)20(26)22-12-14-6-4-3-5-7-14/h3-10,18-19,24-25H,11-12H2,1-2H3,(H,22,26)/t18-,19+/m0/s1. The van der Waals surface area contributed by atoms with E-state index in [1.807, 2.05) is 6.07 Å². The lowest BCUT2D eigenvalue weighted by molar-refractivity contribution is -0.144. The van der Waals surface area contributed by atoms with Gasteiger partial charge in [-0.05, 0) is 35.7 Å². The minimum Gasteiger partial charge on any atom is -0.465 e. The summed E-state index contributed by atoms with van der Waals surface area (Å²) in [6.45, 7) is 1.92. The van der Waals surface area contributed by atoms with Gasteiger partial charge in [-0.1, -0.05) is 36.4 Å². The smallest absolute Gasteiger partial charge is 0.337 e. The molecule has 0 aliphatic carbocycles. The van der Waals surface area contributed by atoms with Crippen molar-refractivity contribution in [1.82, 2.24) is 5.32 Å². The van der Waals surface area contributed by atoms with E-state index in [0.717, 1.165) is 11.1 Å². The molecular formula is C21H23NO6. The Balaban J connectivity index is 1.98. The number of ether oxygens (including phenoxy) is 1. The van der Waals surface area contributed by atoms with Gasteiger partial charge in [0.15, 0.2) is 11.9 Å². The molecule has 0 unspecified atom stereocenters. The number of carbonyl (C=O) groups is 3. The van der Waals surface area contributed by atoms with Crippen LogP contribution in [0.4, 0.5) is 0 Å². The third kappa shape index (κ3) is 5.73. The summed E-state index contributed by atoms with van der Waals surface area (Å²) in [6, 6.07) is 13.8. The first kappa shape index (κ1) is 21.3. The molecule has 0 saturated heterocycles. The van der Waals surface area contributed by atoms with Crippen LogP contribution in [0.25, 0.3) is 0 Å². The first-order valence-corrected chi connectivity index (χ1v) is 8.71. The number of nitrogens with one attached hydrogen (secondary N) is 1. The third-order valence-corrected chi connectivity index (χ3v) is 4.14. The minimum absolute atomic E-state index is 0.165. The zero-order valence-corrected chi connectivity index (χ0v) is 15.7. The van der Waals surface area contributed by atoms with Crippen LogP contribution in [-0.2, 0) is 27.3 Å². The maximum Gasteiger partial charge on any atom is 0.337 e. The van der Waals surface area contributed by atoms with Gasteiger partial charge in [-0.25, -0.2) is 4.79 Å². The van der Waals surface area contributed by atoms with Gasteiger partial charge in [-0.15, -0.1) is 0 Å². The van der Waals surface area contributed by atoms with E-state index in [4.69, 9.17) is 0 Å². The molecule has 2 aromatic rings. The predicted molar refractivity (Wildman–Crippen MR) is 102 cm³/mol. The molecule has 0 heterocycles. The molecule has 0 fully saturated rings. The second kappa shape index (κ2) is 9.77. The van der Waals surface area contributed by atoms with Crippen molar-refractivity contribution in [3.05, 3.63) is 70.8 Å². The molecule has 2 aromatic carbocycles. The van der Waals surface area contributed by atoms with Gasteiger partial charge in [0.25, 0.3) is 5.91 Å². The number of aliphatic hydroxyl groups is 2. The van der Waals surface area contributed by atoms with Gasteiger partial charge >= 0.3 is 5.97 Å². The van der Waals surface area contributed by atoms with Crippen molar-refractivity contribution in [2.24, 2.45) is 0 Å². The third-order valence-electron chi connectivity index (χ3n) is 4.14. The Labute approximate surface area is 163 Å². The Morgan fingerprint density at radius 2 is 1.68 bits per heavy atom. The zero-order chi connectivity index (χ0) is 20.7. The first-order chi connectivity index (χ1) is 13.3. The quantitative estimate of drug-likeness (QED) is 0.583. The number of aliphatic hydroxyl groups excluding tert-OH is 2. The van der Waals surface area contributed by atoms with Gasteiger partial charge in [-0.2, -0.15) is 0 Å². The SMILES string of the molecule is COC(=O)c1cc(C)cc(CC(=O)[C@H](O)[C@@H](O)C(=O)NCc2ccccc2)c1. The number of hydrogen-bond donors (Lipinski definition) is 3. The number of amides is 1. The highest BCUT2D eigenvalue weighted by Gasteiger charge is 2.30. The van der Waals surface area contributed by atoms with E-state index in [2.05, 4.69) is 10.1 Å². The van der Waals surface area contributed by atoms with Gasteiger partial charge in [0.1, 0.15) is 6.10 Å². The Morgan fingerprint density at radius 1 is 1.00 bits per heavy atom. The molecule has 7 nitrogen and oxygen atoms in total. The van der Waals surface area contributed by atoms with Gasteiger partial charge < -0.3 is 20.3 Å². The number of methoxy groups -OCH3 is 1. The second-order valence-electron chi connectivity index (χ2n) is 6.44. The Kier molecular flexibility index (Phi) is 7.43. The molecule has 0 saturated carbocycles. The van der Waals surface area contributed by atoms with Gasteiger partial charge in [-0.3, -0.25) is 9.59 Å². The lowest BCUT2D eigenvalue weighted by atomic mass is 9.98. The molecule has 0 bridgehead atoms. The fourth-order valence-corrected chi connectivity index (χ4v) is 2.72. The molecule has 3 N–H and O–H groups in total. The fraction of sp³-hybridized carbons (Fsp3) is 0.286. The predicted octanol–water partition coefficient (Wildman–Crippen LogP) is 0.931. The van der Waals surface area contributed by atoms with Crippen molar-refractivity contribution < 1.29 is 29.3 Å². The van der Waals surface area contributed by atoms with Crippen molar-refractivity contribution in [1.29, 1.82) is 0 Å². The average Bonchev–Trinajstić information content (AvgIpc) is 2.70. The van der Waals surface area contributed by atoms with Crippen molar-refractivity contribution in [2.75, 3.05) is 7.11 Å². The van der Waals surface area contributed by atoms with E-state index in [0.29, 0.717) is 5.56 Å². The van der Waals surface area contributed by atoms with Crippen LogP contribution < -0.4 is 5.32 Å². The number of rotatable bonds is 8. The van der Waals surface area contributed by atoms with Gasteiger partial charge in [0.05, 0.1) is 12.7 Å². The van der Waals surface area contributed by atoms with Crippen LogP contribution in [0.1, 0.15) is 27.0 Å². The van der Waals surface area contributed by atoms with Gasteiger partial charge in [0, 0.05) is 13.0 Å². The Bertz CT molecular complexity index is 849. The van der Waals surface area contributed by atoms with Crippen LogP contribution in [0.15, 0.2) is 48.5 Å². The highest BCUT2D eigenvalue weighted by molar-refractivity contribution is 5.93. The van der Waals surface area contributed by atoms with E-state index in [9.17, 15) is 24.6 Å². The van der Waals surface area contributed by atoms with E-state index in [1.54, 1.807) is 43.3 Å². The second-order valence-corrected chi connectivity index (χ2v) is 6.44. The first-order valence-electron chi connectivity index (χ1n) is 8.71. The molecule has 0 aromatic heterocycles. The highest BCUT2D eigenvalue weighted by Crippen LogP contribution is 2.13. The topological polar surface area (TPSA) is 113 Å². The van der Waals surface area contributed by atoms with Crippen LogP contribution in [0, 0.1) is 6.92 Å². The molecule has 7 heteroatoms. The molecule has 28 heavy (non-hydrogen) atoms. The number of carbonyl (C=O) groups excluding carboxylic acids is 3. The van der Waals surface area contributed by atoms with Crippen molar-refractivity contribution in [3.8, 4) is 0 Å². The van der Waals surface area contributed by atoms with Gasteiger partial charge in [0.2, 0.25) is 0 Å². The average molecular weight is 385 g/mol. The number of esters is 1. The molecule has 1 amide bonds. The Hall–Kier alpha value is -3.03. The number of aryl methyl sites for hydroxylation is 1. The normalized spacial score (nSPS) is 12.7. The van der Waals surface area contributed by atoms with E-state index < -0.39 is 29.9 Å². The number of hydrogen-bond acceptors (Lipinski definition) is 6. The highest BCUT2D eigenvalue weighted by atomic mass is 16.5. The minimum atomic E-state index is -1.89. The summed E-state index contributed by atoms with van der Waals surface area (Å²) >= 11 is 0. The largest absolute Gasteiger partial charge is 0.465 e. The molecule has 2 rings (SSSR count). The van der Waals surface area contributed by atoms with Crippen molar-refractivity contribution in [3.63, 3.8) is 0 Å². The van der Waals surface area contributed by atoms with Crippen LogP contribution in [-0.4, -0.2) is 47.2 Å². The molecule has 148 valence electrons. The maximum absolute atomic E-state index is 12.3. The Morgan fingerprint density at radius 3 is 2.32 bits per heavy atom. The summed E-state index contributed by atoms with van der Waals surface area (Å²) in [6.07, 6.45) is -4.01. The summed E-state index contributed by atoms with van der Waals surface area (Å²) in [4.78, 5) is 36.0. The maximum atomic E-state index is 12.3. The van der Waals surface area contributed by atoms with Crippen molar-refractivity contribution >= 4 is 17.7 Å². The van der Waals surface area contributed by atoms with E-state index >= 15 is 0 Å². The monoisotopic (exact) mass is 385 g/mol. The zero-order valence-electron chi connectivity index (χ0n) is 15.7. The fourth-order valence-electron chi connectivity index (χ4n) is 2.72. The summed E-state index contributed by atoms with van der Waals surface area (Å²) in [5.74, 6) is -2.12. The molecule has 0 radical (unpaired) electrons. The van der Waals surface area contributed by atoms with Crippen LogP contribution >= 0.6 is 0 Å². The summed E-state index contributed by atoms with van der Waals surface area (Å²) in [7, 11) is 1.25.